The number of benzene rings is 2. The van der Waals surface area contributed by atoms with Crippen LogP contribution < -0.4 is 14.2 Å². The molecule has 2 atom stereocenters. The maximum atomic E-state index is 13.5. The molecule has 1 fully saturated rings. The van der Waals surface area contributed by atoms with Gasteiger partial charge in [-0.15, -0.1) is 12.4 Å². The van der Waals surface area contributed by atoms with Gasteiger partial charge < -0.3 is 24.1 Å². The van der Waals surface area contributed by atoms with Gasteiger partial charge in [0.1, 0.15) is 12.7 Å². The Morgan fingerprint density at radius 3 is 2.47 bits per heavy atom. The van der Waals surface area contributed by atoms with Crippen molar-refractivity contribution in [2.75, 3.05) is 47.1 Å². The summed E-state index contributed by atoms with van der Waals surface area (Å²) in [5.74, 6) is -0.330. The van der Waals surface area contributed by atoms with Crippen LogP contribution in [0.2, 0.25) is 0 Å². The molecule has 1 heterocycles. The van der Waals surface area contributed by atoms with Crippen LogP contribution in [0.4, 0.5) is 8.78 Å². The number of nitrogens with zero attached hydrogens (tertiary/aromatic N) is 1. The number of hydrogen-bond acceptors (Lipinski definition) is 6. The first-order valence-corrected chi connectivity index (χ1v) is 9.32. The first-order chi connectivity index (χ1) is 14.0. The van der Waals surface area contributed by atoms with Gasteiger partial charge in [-0.1, -0.05) is 12.1 Å². The average molecular weight is 446 g/mol. The summed E-state index contributed by atoms with van der Waals surface area (Å²) >= 11 is 0. The molecule has 0 radical (unpaired) electrons. The summed E-state index contributed by atoms with van der Waals surface area (Å²) in [6.07, 6.45) is -1.16. The Morgan fingerprint density at radius 2 is 1.83 bits per heavy atom. The highest BCUT2D eigenvalue weighted by Gasteiger charge is 2.25. The molecule has 1 N–H and O–H groups in total. The summed E-state index contributed by atoms with van der Waals surface area (Å²) < 4.78 is 48.7. The summed E-state index contributed by atoms with van der Waals surface area (Å²) in [5, 5.41) is 10.4. The average Bonchev–Trinajstić information content (AvgIpc) is 2.74. The Bertz CT molecular complexity index is 804. The molecule has 0 amide bonds. The molecule has 1 saturated heterocycles. The highest BCUT2D eigenvalue weighted by Crippen LogP contribution is 2.36. The summed E-state index contributed by atoms with van der Waals surface area (Å²) in [6.45, 7) is 1.90. The predicted octanol–water partition coefficient (Wildman–Crippen LogP) is 3.22. The Labute approximate surface area is 180 Å². The fourth-order valence-electron chi connectivity index (χ4n) is 3.27. The fraction of sp³-hybridized carbons (Fsp3) is 0.429. The van der Waals surface area contributed by atoms with Gasteiger partial charge in [-0.2, -0.15) is 0 Å². The normalized spacial score (nSPS) is 17.7. The lowest BCUT2D eigenvalue weighted by atomic mass is 10.1. The van der Waals surface area contributed by atoms with E-state index in [-0.39, 0.29) is 25.1 Å². The minimum atomic E-state index is -0.901. The van der Waals surface area contributed by atoms with E-state index in [2.05, 4.69) is 0 Å². The van der Waals surface area contributed by atoms with Gasteiger partial charge in [0.05, 0.1) is 26.9 Å². The molecule has 9 heteroatoms. The number of aliphatic hydroxyl groups is 1. The molecule has 2 aromatic rings. The highest BCUT2D eigenvalue weighted by molar-refractivity contribution is 5.85. The maximum Gasteiger partial charge on any atom is 0.203 e. The Hall–Kier alpha value is -2.13. The maximum absolute atomic E-state index is 13.5. The van der Waals surface area contributed by atoms with Gasteiger partial charge in [-0.25, -0.2) is 8.78 Å². The van der Waals surface area contributed by atoms with Gasteiger partial charge in [0.2, 0.25) is 5.75 Å². The van der Waals surface area contributed by atoms with Crippen LogP contribution in [0.25, 0.3) is 0 Å². The van der Waals surface area contributed by atoms with E-state index in [1.807, 2.05) is 4.90 Å². The van der Waals surface area contributed by atoms with Crippen LogP contribution in [-0.4, -0.2) is 63.2 Å². The van der Waals surface area contributed by atoms with E-state index >= 15 is 0 Å². The smallest absolute Gasteiger partial charge is 0.203 e. The summed E-state index contributed by atoms with van der Waals surface area (Å²) in [4.78, 5) is 2.00. The second kappa shape index (κ2) is 11.3. The van der Waals surface area contributed by atoms with E-state index in [1.165, 1.54) is 20.3 Å². The number of para-hydroxylation sites is 1. The lowest BCUT2D eigenvalue weighted by molar-refractivity contribution is -0.0462. The molecule has 2 aromatic carbocycles. The molecule has 6 nitrogen and oxygen atoms in total. The second-order valence-electron chi connectivity index (χ2n) is 6.75. The molecule has 1 aliphatic heterocycles. The van der Waals surface area contributed by atoms with E-state index in [4.69, 9.17) is 18.9 Å². The molecule has 30 heavy (non-hydrogen) atoms. The summed E-state index contributed by atoms with van der Waals surface area (Å²) in [6, 6.07) is 9.04. The van der Waals surface area contributed by atoms with Crippen molar-refractivity contribution in [2.24, 2.45) is 0 Å². The Kier molecular flexibility index (Phi) is 9.10. The largest absolute Gasteiger partial charge is 0.493 e. The van der Waals surface area contributed by atoms with Gasteiger partial charge in [0, 0.05) is 19.6 Å². The number of aliphatic hydroxyl groups excluding tert-OH is 1. The number of methoxy groups -OCH3 is 2. The molecule has 1 aliphatic rings. The van der Waals surface area contributed by atoms with Gasteiger partial charge in [0.25, 0.3) is 0 Å². The number of ether oxygens (including phenoxy) is 4. The van der Waals surface area contributed by atoms with Crippen molar-refractivity contribution in [3.05, 3.63) is 53.6 Å². The van der Waals surface area contributed by atoms with E-state index in [9.17, 15) is 13.9 Å². The van der Waals surface area contributed by atoms with E-state index in [0.29, 0.717) is 49.1 Å². The van der Waals surface area contributed by atoms with Gasteiger partial charge in [0.15, 0.2) is 23.1 Å². The molecule has 166 valence electrons. The van der Waals surface area contributed by atoms with Crippen LogP contribution >= 0.6 is 12.4 Å². The molecular formula is C21H26ClF2NO5. The molecule has 0 aliphatic carbocycles. The van der Waals surface area contributed by atoms with Crippen molar-refractivity contribution in [3.63, 3.8) is 0 Å². The number of hydrogen-bond donors (Lipinski definition) is 1. The molecular weight excluding hydrogens is 420 g/mol. The lowest BCUT2D eigenvalue weighted by Crippen LogP contribution is -2.43. The standard InChI is InChI=1S/C21H25F2NO5.ClH/c1-26-18-4-3-5-19(27-2)21(18)29-13-15(25)11-24-8-9-28-20(12-24)14-6-7-16(22)17(23)10-14;/h3-7,10,15,20,25H,8-9,11-13H2,1-2H3;1H. The molecule has 3 rings (SSSR count). The van der Waals surface area contributed by atoms with Crippen LogP contribution in [0.3, 0.4) is 0 Å². The topological polar surface area (TPSA) is 60.4 Å². The zero-order chi connectivity index (χ0) is 20.8. The zero-order valence-corrected chi connectivity index (χ0v) is 17.7. The van der Waals surface area contributed by atoms with Gasteiger partial charge in [-0.3, -0.25) is 4.90 Å². The summed E-state index contributed by atoms with van der Waals surface area (Å²) in [7, 11) is 3.06. The number of halogens is 3. The van der Waals surface area contributed by atoms with E-state index in [1.54, 1.807) is 18.2 Å². The zero-order valence-electron chi connectivity index (χ0n) is 16.8. The third-order valence-corrected chi connectivity index (χ3v) is 4.74. The van der Waals surface area contributed by atoms with Crippen LogP contribution in [0.5, 0.6) is 17.2 Å². The van der Waals surface area contributed by atoms with Crippen molar-refractivity contribution in [1.29, 1.82) is 0 Å². The van der Waals surface area contributed by atoms with Gasteiger partial charge >= 0.3 is 0 Å². The fourth-order valence-corrected chi connectivity index (χ4v) is 3.27. The minimum absolute atomic E-state index is 0. The third-order valence-electron chi connectivity index (χ3n) is 4.74. The second-order valence-corrected chi connectivity index (χ2v) is 6.75. The first-order valence-electron chi connectivity index (χ1n) is 9.32. The molecule has 0 saturated carbocycles. The number of morpholine rings is 1. The van der Waals surface area contributed by atoms with Crippen LogP contribution in [0, 0.1) is 11.6 Å². The van der Waals surface area contributed by atoms with Crippen LogP contribution in [-0.2, 0) is 4.74 Å². The van der Waals surface area contributed by atoms with Crippen molar-refractivity contribution in [1.82, 2.24) is 4.90 Å². The molecule has 0 bridgehead atoms. The van der Waals surface area contributed by atoms with Crippen molar-refractivity contribution in [2.45, 2.75) is 12.2 Å². The SMILES string of the molecule is COc1cccc(OC)c1OCC(O)CN1CCOC(c2ccc(F)c(F)c2)C1.Cl. The monoisotopic (exact) mass is 445 g/mol. The van der Waals surface area contributed by atoms with Crippen molar-refractivity contribution in [3.8, 4) is 17.2 Å². The third kappa shape index (κ3) is 5.95. The van der Waals surface area contributed by atoms with E-state index < -0.39 is 17.7 Å². The highest BCUT2D eigenvalue weighted by atomic mass is 35.5. The van der Waals surface area contributed by atoms with Crippen molar-refractivity contribution < 1.29 is 32.8 Å². The molecule has 0 aromatic heterocycles. The Balaban J connectivity index is 0.00000320. The van der Waals surface area contributed by atoms with Gasteiger partial charge in [-0.05, 0) is 29.8 Å². The predicted molar refractivity (Wildman–Crippen MR) is 110 cm³/mol. The molecule has 2 unspecified atom stereocenters. The van der Waals surface area contributed by atoms with Crippen LogP contribution in [0.15, 0.2) is 36.4 Å². The Morgan fingerprint density at radius 1 is 1.13 bits per heavy atom. The molecule has 0 spiro atoms. The summed E-state index contributed by atoms with van der Waals surface area (Å²) in [5.41, 5.74) is 0.568. The minimum Gasteiger partial charge on any atom is -0.493 e. The van der Waals surface area contributed by atoms with Crippen molar-refractivity contribution >= 4 is 12.4 Å². The number of β-amino-alcohol motifs (C(OH)–C–C–N with tert-alkyl or cyclic N) is 1. The van der Waals surface area contributed by atoms with Crippen LogP contribution in [0.1, 0.15) is 11.7 Å². The quantitative estimate of drug-likeness (QED) is 0.673. The first kappa shape index (κ1) is 24.1. The lowest BCUT2D eigenvalue weighted by Gasteiger charge is -2.34. The number of rotatable bonds is 8. The van der Waals surface area contributed by atoms with E-state index in [0.717, 1.165) is 12.1 Å².